The Morgan fingerprint density at radius 3 is 3.06 bits per heavy atom. The molecule has 1 aliphatic heterocycles. The monoisotopic (exact) mass is 287 g/mol. The van der Waals surface area contributed by atoms with Gasteiger partial charge in [0.05, 0.1) is 5.69 Å². The summed E-state index contributed by atoms with van der Waals surface area (Å²) >= 11 is 1.83. The molecule has 0 aromatic carbocycles. The normalized spacial score (nSPS) is 19.9. The van der Waals surface area contributed by atoms with Crippen molar-refractivity contribution in [2.24, 2.45) is 0 Å². The summed E-state index contributed by atoms with van der Waals surface area (Å²) in [5.74, 6) is 1.12. The average Bonchev–Trinajstić information content (AvgIpc) is 2.89. The van der Waals surface area contributed by atoms with Gasteiger partial charge < -0.3 is 5.32 Å². The van der Waals surface area contributed by atoms with Crippen molar-refractivity contribution in [2.75, 3.05) is 24.7 Å². The Morgan fingerprint density at radius 2 is 2.39 bits per heavy atom. The Bertz CT molecular complexity index is 499. The third kappa shape index (κ3) is 3.15. The highest BCUT2D eigenvalue weighted by atomic mass is 32.2. The molecule has 1 aromatic heterocycles. The molecule has 0 aliphatic carbocycles. The number of hydrogen-bond acceptors (Lipinski definition) is 5. The second-order valence-electron chi connectivity index (χ2n) is 4.09. The standard InChI is InChI=1S/C11H17N3O2S2/c1-12-10-5-2-6-13-11(10)18(15,16)14-8-9-4-3-7-17-9/h2,5-6,9,12,14H,3-4,7-8H2,1H3. The summed E-state index contributed by atoms with van der Waals surface area (Å²) in [4.78, 5) is 3.95. The fourth-order valence-corrected chi connectivity index (χ4v) is 4.39. The van der Waals surface area contributed by atoms with Crippen LogP contribution < -0.4 is 10.0 Å². The lowest BCUT2D eigenvalue weighted by atomic mass is 10.2. The number of hydrogen-bond donors (Lipinski definition) is 2. The summed E-state index contributed by atoms with van der Waals surface area (Å²) < 4.78 is 26.9. The Labute approximate surface area is 112 Å². The molecule has 1 aromatic rings. The molecule has 1 aliphatic rings. The third-order valence-corrected chi connectivity index (χ3v) is 5.60. The van der Waals surface area contributed by atoms with Crippen LogP contribution in [0.25, 0.3) is 0 Å². The highest BCUT2D eigenvalue weighted by molar-refractivity contribution is 8.00. The van der Waals surface area contributed by atoms with Gasteiger partial charge in [-0.3, -0.25) is 0 Å². The molecule has 0 bridgehead atoms. The molecule has 7 heteroatoms. The fourth-order valence-electron chi connectivity index (χ4n) is 1.87. The van der Waals surface area contributed by atoms with Gasteiger partial charge in [0.25, 0.3) is 10.0 Å². The van der Waals surface area contributed by atoms with Gasteiger partial charge in [0.1, 0.15) is 0 Å². The van der Waals surface area contributed by atoms with E-state index >= 15 is 0 Å². The van der Waals surface area contributed by atoms with E-state index in [9.17, 15) is 8.42 Å². The van der Waals surface area contributed by atoms with Gasteiger partial charge in [0, 0.05) is 25.0 Å². The zero-order valence-electron chi connectivity index (χ0n) is 10.2. The Morgan fingerprint density at radius 1 is 1.56 bits per heavy atom. The van der Waals surface area contributed by atoms with Crippen molar-refractivity contribution in [1.82, 2.24) is 9.71 Å². The van der Waals surface area contributed by atoms with Crippen molar-refractivity contribution in [3.8, 4) is 0 Å². The van der Waals surface area contributed by atoms with E-state index in [1.807, 2.05) is 11.8 Å². The predicted octanol–water partition coefficient (Wildman–Crippen LogP) is 1.30. The molecular formula is C11H17N3O2S2. The number of aromatic nitrogens is 1. The van der Waals surface area contributed by atoms with Gasteiger partial charge in [-0.2, -0.15) is 11.8 Å². The van der Waals surface area contributed by atoms with Crippen LogP contribution in [0.1, 0.15) is 12.8 Å². The van der Waals surface area contributed by atoms with E-state index in [0.717, 1.165) is 12.2 Å². The Balaban J connectivity index is 2.09. The number of anilines is 1. The minimum absolute atomic E-state index is 0.0653. The zero-order valence-corrected chi connectivity index (χ0v) is 11.9. The summed E-state index contributed by atoms with van der Waals surface area (Å²) in [7, 11) is -1.84. The molecule has 1 saturated heterocycles. The van der Waals surface area contributed by atoms with Crippen LogP contribution in [-0.4, -0.2) is 38.0 Å². The molecule has 2 N–H and O–H groups in total. The van der Waals surface area contributed by atoms with Crippen LogP contribution in [0.2, 0.25) is 0 Å². The predicted molar refractivity (Wildman–Crippen MR) is 74.5 cm³/mol. The van der Waals surface area contributed by atoms with Gasteiger partial charge >= 0.3 is 0 Å². The number of pyridine rings is 1. The van der Waals surface area contributed by atoms with E-state index in [0.29, 0.717) is 17.5 Å². The summed E-state index contributed by atoms with van der Waals surface area (Å²) in [6.07, 6.45) is 3.73. The molecule has 0 radical (unpaired) electrons. The maximum Gasteiger partial charge on any atom is 0.260 e. The number of nitrogens with zero attached hydrogens (tertiary/aromatic N) is 1. The minimum Gasteiger partial charge on any atom is -0.386 e. The zero-order chi connectivity index (χ0) is 13.0. The van der Waals surface area contributed by atoms with Crippen LogP contribution in [0.4, 0.5) is 5.69 Å². The number of sulfonamides is 1. The maximum atomic E-state index is 12.1. The van der Waals surface area contributed by atoms with E-state index in [2.05, 4.69) is 15.0 Å². The summed E-state index contributed by atoms with van der Waals surface area (Å²) in [6, 6.07) is 3.41. The van der Waals surface area contributed by atoms with E-state index in [4.69, 9.17) is 0 Å². The van der Waals surface area contributed by atoms with Crippen molar-refractivity contribution in [1.29, 1.82) is 0 Å². The van der Waals surface area contributed by atoms with Gasteiger partial charge in [0.15, 0.2) is 5.03 Å². The van der Waals surface area contributed by atoms with Gasteiger partial charge in [-0.1, -0.05) is 0 Å². The largest absolute Gasteiger partial charge is 0.386 e. The molecule has 0 saturated carbocycles. The summed E-state index contributed by atoms with van der Waals surface area (Å²) in [5.41, 5.74) is 0.518. The second kappa shape index (κ2) is 5.90. The molecule has 100 valence electrons. The average molecular weight is 287 g/mol. The fraction of sp³-hybridized carbons (Fsp3) is 0.545. The van der Waals surface area contributed by atoms with E-state index in [1.165, 1.54) is 12.6 Å². The SMILES string of the molecule is CNc1cccnc1S(=O)(=O)NCC1CCCS1. The lowest BCUT2D eigenvalue weighted by Crippen LogP contribution is -2.30. The van der Waals surface area contributed by atoms with Crippen LogP contribution in [0.3, 0.4) is 0 Å². The first kappa shape index (κ1) is 13.6. The lowest BCUT2D eigenvalue weighted by Gasteiger charge is -2.12. The van der Waals surface area contributed by atoms with Crippen molar-refractivity contribution >= 4 is 27.5 Å². The van der Waals surface area contributed by atoms with Crippen LogP contribution in [0.15, 0.2) is 23.4 Å². The quantitative estimate of drug-likeness (QED) is 0.854. The van der Waals surface area contributed by atoms with Gasteiger partial charge in [-0.25, -0.2) is 18.1 Å². The molecule has 0 amide bonds. The molecule has 1 fully saturated rings. The van der Waals surface area contributed by atoms with Crippen molar-refractivity contribution < 1.29 is 8.42 Å². The molecule has 0 spiro atoms. The van der Waals surface area contributed by atoms with Crippen molar-refractivity contribution in [3.05, 3.63) is 18.3 Å². The topological polar surface area (TPSA) is 71.1 Å². The van der Waals surface area contributed by atoms with Gasteiger partial charge in [0.2, 0.25) is 0 Å². The van der Waals surface area contributed by atoms with Gasteiger partial charge in [-0.15, -0.1) is 0 Å². The number of rotatable bonds is 5. The highest BCUT2D eigenvalue weighted by Crippen LogP contribution is 2.26. The molecule has 5 nitrogen and oxygen atoms in total. The molecule has 2 heterocycles. The first-order valence-electron chi connectivity index (χ1n) is 5.87. The van der Waals surface area contributed by atoms with Crippen LogP contribution >= 0.6 is 11.8 Å². The molecule has 1 unspecified atom stereocenters. The number of thioether (sulfide) groups is 1. The van der Waals surface area contributed by atoms with Crippen molar-refractivity contribution in [3.63, 3.8) is 0 Å². The van der Waals surface area contributed by atoms with E-state index in [-0.39, 0.29) is 5.03 Å². The second-order valence-corrected chi connectivity index (χ2v) is 7.18. The van der Waals surface area contributed by atoms with Crippen LogP contribution in [0.5, 0.6) is 0 Å². The Kier molecular flexibility index (Phi) is 4.47. The number of nitrogens with one attached hydrogen (secondary N) is 2. The molecule has 1 atom stereocenters. The highest BCUT2D eigenvalue weighted by Gasteiger charge is 2.22. The van der Waals surface area contributed by atoms with Crippen LogP contribution in [0, 0.1) is 0 Å². The first-order valence-corrected chi connectivity index (χ1v) is 8.41. The van der Waals surface area contributed by atoms with Crippen LogP contribution in [-0.2, 0) is 10.0 Å². The Hall–Kier alpha value is -0.790. The third-order valence-electron chi connectivity index (χ3n) is 2.82. The molecular weight excluding hydrogens is 270 g/mol. The van der Waals surface area contributed by atoms with Gasteiger partial charge in [-0.05, 0) is 30.7 Å². The minimum atomic E-state index is -3.53. The maximum absolute atomic E-state index is 12.1. The van der Waals surface area contributed by atoms with E-state index in [1.54, 1.807) is 19.2 Å². The summed E-state index contributed by atoms with van der Waals surface area (Å²) in [5, 5.41) is 3.30. The summed E-state index contributed by atoms with van der Waals surface area (Å²) in [6.45, 7) is 0.479. The van der Waals surface area contributed by atoms with Crippen molar-refractivity contribution in [2.45, 2.75) is 23.1 Å². The first-order chi connectivity index (χ1) is 8.63. The lowest BCUT2D eigenvalue weighted by molar-refractivity contribution is 0.575. The molecule has 18 heavy (non-hydrogen) atoms. The smallest absolute Gasteiger partial charge is 0.260 e. The van der Waals surface area contributed by atoms with E-state index < -0.39 is 10.0 Å². The molecule has 2 rings (SSSR count).